The molecule has 8 nitrogen and oxygen atoms in total. The lowest BCUT2D eigenvalue weighted by Gasteiger charge is -2.35. The molecule has 3 heterocycles. The van der Waals surface area contributed by atoms with E-state index in [1.165, 1.54) is 0 Å². The van der Waals surface area contributed by atoms with Gasteiger partial charge in [-0.1, -0.05) is 11.6 Å². The summed E-state index contributed by atoms with van der Waals surface area (Å²) in [5.74, 6) is -0.196. The topological polar surface area (TPSA) is 96.7 Å². The van der Waals surface area contributed by atoms with Gasteiger partial charge in [0.05, 0.1) is 29.2 Å². The van der Waals surface area contributed by atoms with Crippen molar-refractivity contribution in [3.8, 4) is 0 Å². The van der Waals surface area contributed by atoms with Crippen LogP contribution < -0.4 is 4.72 Å². The normalized spacial score (nSPS) is 17.0. The number of nitrogens with zero attached hydrogens (tertiary/aromatic N) is 4. The van der Waals surface area contributed by atoms with Crippen LogP contribution in [0.5, 0.6) is 0 Å². The number of piperidine rings is 1. The highest BCUT2D eigenvalue weighted by molar-refractivity contribution is 7.92. The number of aromatic nitrogens is 3. The van der Waals surface area contributed by atoms with Gasteiger partial charge in [0.25, 0.3) is 5.91 Å². The Labute approximate surface area is 188 Å². The summed E-state index contributed by atoms with van der Waals surface area (Å²) in [7, 11) is -3.52. The van der Waals surface area contributed by atoms with Gasteiger partial charge >= 0.3 is 0 Å². The van der Waals surface area contributed by atoms with Crippen LogP contribution in [0.4, 0.5) is 5.69 Å². The quantitative estimate of drug-likeness (QED) is 0.647. The van der Waals surface area contributed by atoms with Crippen LogP contribution in [0.3, 0.4) is 0 Å². The van der Waals surface area contributed by atoms with Crippen LogP contribution in [-0.4, -0.2) is 46.6 Å². The summed E-state index contributed by atoms with van der Waals surface area (Å²) in [5, 5.41) is 4.81. The molecule has 170 valence electrons. The lowest BCUT2D eigenvalue weighted by Crippen LogP contribution is -2.39. The third-order valence-electron chi connectivity index (χ3n) is 6.20. The van der Waals surface area contributed by atoms with E-state index in [4.69, 9.17) is 5.10 Å². The molecule has 32 heavy (non-hydrogen) atoms. The van der Waals surface area contributed by atoms with Crippen molar-refractivity contribution in [2.24, 2.45) is 0 Å². The Kier molecular flexibility index (Phi) is 5.70. The summed E-state index contributed by atoms with van der Waals surface area (Å²) in [5.41, 5.74) is 6.22. The molecule has 1 aliphatic rings. The maximum Gasteiger partial charge on any atom is 0.256 e. The van der Waals surface area contributed by atoms with Crippen LogP contribution in [-0.2, 0) is 10.0 Å². The number of carbonyl (C=O) groups is 1. The fourth-order valence-electron chi connectivity index (χ4n) is 4.32. The van der Waals surface area contributed by atoms with Crippen LogP contribution in [0, 0.1) is 27.7 Å². The Hall–Kier alpha value is -2.94. The number of anilines is 1. The highest BCUT2D eigenvalue weighted by Gasteiger charge is 2.32. The molecule has 1 aliphatic heterocycles. The molecule has 1 atom stereocenters. The summed E-state index contributed by atoms with van der Waals surface area (Å²) in [6.07, 6.45) is 3.77. The fraction of sp³-hybridized carbons (Fsp3) is 0.435. The summed E-state index contributed by atoms with van der Waals surface area (Å²) in [4.78, 5) is 20.2. The average Bonchev–Trinajstić information content (AvgIpc) is 3.16. The van der Waals surface area contributed by atoms with E-state index in [2.05, 4.69) is 9.71 Å². The minimum Gasteiger partial charge on any atom is -0.330 e. The molecule has 3 aromatic rings. The van der Waals surface area contributed by atoms with Crippen LogP contribution in [0.1, 0.15) is 63.9 Å². The number of fused-ring (bicyclic) bond motifs is 1. The van der Waals surface area contributed by atoms with Gasteiger partial charge in [0.1, 0.15) is 0 Å². The van der Waals surface area contributed by atoms with Gasteiger partial charge in [-0.05, 0) is 64.7 Å². The first-order chi connectivity index (χ1) is 15.0. The van der Waals surface area contributed by atoms with Crippen molar-refractivity contribution >= 4 is 27.3 Å². The van der Waals surface area contributed by atoms with Gasteiger partial charge in [0.2, 0.25) is 10.0 Å². The van der Waals surface area contributed by atoms with E-state index in [0.29, 0.717) is 17.8 Å². The Morgan fingerprint density at radius 1 is 1.12 bits per heavy atom. The standard InChI is InChI=1S/C23H29N5O3S/c1-14-9-10-19(26-32(5,30)31)18(12-14)23(29)27-11-7-6-8-21(27)20-13-22-24-16(3)15(2)17(4)28(22)25-20/h9-10,12-13,21,26H,6-8,11H2,1-5H3/t21-/m0/s1. The molecule has 1 amide bonds. The number of sulfonamides is 1. The van der Waals surface area contributed by atoms with Crippen LogP contribution in [0.15, 0.2) is 24.3 Å². The van der Waals surface area contributed by atoms with Gasteiger partial charge in [-0.25, -0.2) is 17.9 Å². The van der Waals surface area contributed by atoms with E-state index in [-0.39, 0.29) is 11.9 Å². The Morgan fingerprint density at radius 2 is 1.88 bits per heavy atom. The van der Waals surface area contributed by atoms with E-state index in [1.807, 2.05) is 43.2 Å². The minimum atomic E-state index is -3.52. The molecule has 4 rings (SSSR count). The highest BCUT2D eigenvalue weighted by atomic mass is 32.2. The number of benzene rings is 1. The van der Waals surface area contributed by atoms with Gasteiger partial charge in [-0.3, -0.25) is 9.52 Å². The predicted octanol–water partition coefficient (Wildman–Crippen LogP) is 3.70. The molecule has 0 bridgehead atoms. The second kappa shape index (κ2) is 8.20. The highest BCUT2D eigenvalue weighted by Crippen LogP contribution is 2.34. The summed E-state index contributed by atoms with van der Waals surface area (Å²) in [6, 6.07) is 6.95. The first kappa shape index (κ1) is 22.3. The Morgan fingerprint density at radius 3 is 2.59 bits per heavy atom. The molecule has 1 fully saturated rings. The zero-order valence-corrected chi connectivity index (χ0v) is 20.0. The zero-order chi connectivity index (χ0) is 23.2. The largest absolute Gasteiger partial charge is 0.330 e. The molecule has 0 saturated carbocycles. The lowest BCUT2D eigenvalue weighted by atomic mass is 9.97. The summed E-state index contributed by atoms with van der Waals surface area (Å²) < 4.78 is 28.0. The molecule has 9 heteroatoms. The average molecular weight is 456 g/mol. The van der Waals surface area contributed by atoms with Crippen molar-refractivity contribution < 1.29 is 13.2 Å². The fourth-order valence-corrected chi connectivity index (χ4v) is 4.89. The number of rotatable bonds is 4. The first-order valence-corrected chi connectivity index (χ1v) is 12.7. The number of hydrogen-bond donors (Lipinski definition) is 1. The molecule has 0 radical (unpaired) electrons. The maximum atomic E-state index is 13.7. The molecule has 0 spiro atoms. The van der Waals surface area contributed by atoms with E-state index in [9.17, 15) is 13.2 Å². The number of hydrogen-bond acceptors (Lipinski definition) is 5. The Bertz CT molecular complexity index is 1310. The summed E-state index contributed by atoms with van der Waals surface area (Å²) in [6.45, 7) is 8.51. The van der Waals surface area contributed by atoms with E-state index in [1.54, 1.807) is 18.2 Å². The molecular formula is C23H29N5O3S. The van der Waals surface area contributed by atoms with Crippen molar-refractivity contribution in [1.29, 1.82) is 0 Å². The predicted molar refractivity (Wildman–Crippen MR) is 124 cm³/mol. The van der Waals surface area contributed by atoms with Gasteiger partial charge in [0.15, 0.2) is 5.65 Å². The molecule has 1 aromatic carbocycles. The first-order valence-electron chi connectivity index (χ1n) is 10.8. The monoisotopic (exact) mass is 455 g/mol. The van der Waals surface area contributed by atoms with Crippen molar-refractivity contribution in [3.05, 3.63) is 58.0 Å². The number of carbonyl (C=O) groups excluding carboxylic acids is 1. The van der Waals surface area contributed by atoms with E-state index >= 15 is 0 Å². The molecule has 0 unspecified atom stereocenters. The second-order valence-electron chi connectivity index (χ2n) is 8.68. The van der Waals surface area contributed by atoms with Gasteiger partial charge < -0.3 is 4.90 Å². The summed E-state index contributed by atoms with van der Waals surface area (Å²) >= 11 is 0. The van der Waals surface area contributed by atoms with Crippen molar-refractivity contribution in [3.63, 3.8) is 0 Å². The van der Waals surface area contributed by atoms with Gasteiger partial charge in [0, 0.05) is 24.0 Å². The van der Waals surface area contributed by atoms with Crippen molar-refractivity contribution in [2.45, 2.75) is 53.0 Å². The lowest BCUT2D eigenvalue weighted by molar-refractivity contribution is 0.0606. The van der Waals surface area contributed by atoms with Crippen LogP contribution >= 0.6 is 0 Å². The third kappa shape index (κ3) is 4.21. The van der Waals surface area contributed by atoms with Crippen molar-refractivity contribution in [1.82, 2.24) is 19.5 Å². The molecule has 0 aliphatic carbocycles. The van der Waals surface area contributed by atoms with Gasteiger partial charge in [-0.15, -0.1) is 0 Å². The van der Waals surface area contributed by atoms with Crippen molar-refractivity contribution in [2.75, 3.05) is 17.5 Å². The third-order valence-corrected chi connectivity index (χ3v) is 6.79. The van der Waals surface area contributed by atoms with Crippen LogP contribution in [0.2, 0.25) is 0 Å². The Balaban J connectivity index is 1.75. The van der Waals surface area contributed by atoms with E-state index in [0.717, 1.165) is 59.4 Å². The number of likely N-dealkylation sites (tertiary alicyclic amines) is 1. The minimum absolute atomic E-state index is 0.190. The molecule has 1 saturated heterocycles. The van der Waals surface area contributed by atoms with Crippen LogP contribution in [0.25, 0.3) is 5.65 Å². The second-order valence-corrected chi connectivity index (χ2v) is 10.4. The number of amides is 1. The molecule has 1 N–H and O–H groups in total. The maximum absolute atomic E-state index is 13.7. The molecular weight excluding hydrogens is 426 g/mol. The number of aryl methyl sites for hydroxylation is 3. The van der Waals surface area contributed by atoms with Gasteiger partial charge in [-0.2, -0.15) is 5.10 Å². The smallest absolute Gasteiger partial charge is 0.256 e. The molecule has 2 aromatic heterocycles. The SMILES string of the molecule is Cc1ccc(NS(C)(=O)=O)c(C(=O)N2CCCC[C@H]2c2cc3nc(C)c(C)c(C)n3n2)c1. The number of nitrogens with one attached hydrogen (secondary N) is 1. The van der Waals surface area contributed by atoms with E-state index < -0.39 is 10.0 Å². The zero-order valence-electron chi connectivity index (χ0n) is 19.1.